The van der Waals surface area contributed by atoms with Gasteiger partial charge >= 0.3 is 5.69 Å². The van der Waals surface area contributed by atoms with Crippen molar-refractivity contribution >= 4 is 17.3 Å². The van der Waals surface area contributed by atoms with Gasteiger partial charge in [0.1, 0.15) is 5.82 Å². The monoisotopic (exact) mass is 277 g/mol. The summed E-state index contributed by atoms with van der Waals surface area (Å²) in [6.07, 6.45) is 0. The number of halogens is 3. The van der Waals surface area contributed by atoms with Gasteiger partial charge in [-0.1, -0.05) is 13.8 Å². The Labute approximate surface area is 109 Å². The third-order valence-corrected chi connectivity index (χ3v) is 3.08. The summed E-state index contributed by atoms with van der Waals surface area (Å²) < 4.78 is 26.8. The lowest BCUT2D eigenvalue weighted by Crippen LogP contribution is -2.18. The minimum atomic E-state index is -1.17. The lowest BCUT2D eigenvalue weighted by atomic mass is 9.85. The maximum Gasteiger partial charge on any atom is 0.308 e. The first kappa shape index (κ1) is 14.8. The smallest absolute Gasteiger partial charge is 0.258 e. The molecule has 2 unspecified atom stereocenters. The summed E-state index contributed by atoms with van der Waals surface area (Å²) in [6.45, 7) is 5.25. The van der Waals surface area contributed by atoms with Crippen molar-refractivity contribution in [2.75, 3.05) is 0 Å². The fourth-order valence-corrected chi connectivity index (χ4v) is 2.60. The number of alkyl halides is 1. The maximum atomic E-state index is 13.5. The highest BCUT2D eigenvalue weighted by Gasteiger charge is 2.31. The average Bonchev–Trinajstić information content (AvgIpc) is 2.13. The van der Waals surface area contributed by atoms with Crippen LogP contribution in [0.4, 0.5) is 14.5 Å². The Balaban J connectivity index is 3.50. The van der Waals surface area contributed by atoms with Crippen molar-refractivity contribution < 1.29 is 13.7 Å². The molecule has 1 aromatic carbocycles. The number of hydrogen-bond acceptors (Lipinski definition) is 2. The molecular formula is C12H14ClF2NO2. The van der Waals surface area contributed by atoms with E-state index in [1.54, 1.807) is 20.8 Å². The molecule has 1 rings (SSSR count). The van der Waals surface area contributed by atoms with Crippen molar-refractivity contribution in [2.45, 2.75) is 32.1 Å². The molecule has 0 aliphatic heterocycles. The first-order valence-electron chi connectivity index (χ1n) is 5.53. The standard InChI is InChI=1S/C12H14ClF2NO2/c1-6(2)11(7(3)13)9-4-8(14)5-10(15)12(9)16(17)18/h4-7,11H,1-3H3. The topological polar surface area (TPSA) is 43.1 Å². The summed E-state index contributed by atoms with van der Waals surface area (Å²) in [7, 11) is 0. The predicted molar refractivity (Wildman–Crippen MR) is 65.9 cm³/mol. The van der Waals surface area contributed by atoms with Gasteiger partial charge in [0.05, 0.1) is 4.92 Å². The molecule has 0 aliphatic rings. The third-order valence-electron chi connectivity index (χ3n) is 2.81. The van der Waals surface area contributed by atoms with Crippen LogP contribution in [0.5, 0.6) is 0 Å². The molecule has 0 bridgehead atoms. The molecule has 0 fully saturated rings. The summed E-state index contributed by atoms with van der Waals surface area (Å²) >= 11 is 5.99. The Kier molecular flexibility index (Phi) is 4.62. The van der Waals surface area contributed by atoms with Gasteiger partial charge in [-0.05, 0) is 18.9 Å². The molecule has 18 heavy (non-hydrogen) atoms. The van der Waals surface area contributed by atoms with E-state index in [-0.39, 0.29) is 11.5 Å². The molecule has 0 aromatic heterocycles. The highest BCUT2D eigenvalue weighted by Crippen LogP contribution is 2.38. The van der Waals surface area contributed by atoms with E-state index in [2.05, 4.69) is 0 Å². The third kappa shape index (κ3) is 2.96. The fourth-order valence-electron chi connectivity index (χ4n) is 2.17. The number of hydrogen-bond donors (Lipinski definition) is 0. The SMILES string of the molecule is CC(C)C(c1cc(F)cc(F)c1[N+](=O)[O-])C(C)Cl. The van der Waals surface area contributed by atoms with Crippen LogP contribution in [-0.2, 0) is 0 Å². The lowest BCUT2D eigenvalue weighted by Gasteiger charge is -2.23. The molecule has 1 aromatic rings. The van der Waals surface area contributed by atoms with Crippen LogP contribution in [0.3, 0.4) is 0 Å². The van der Waals surface area contributed by atoms with E-state index in [0.717, 1.165) is 6.07 Å². The average molecular weight is 278 g/mol. The lowest BCUT2D eigenvalue weighted by molar-refractivity contribution is -0.388. The van der Waals surface area contributed by atoms with Crippen molar-refractivity contribution in [3.05, 3.63) is 39.4 Å². The van der Waals surface area contributed by atoms with Crippen LogP contribution in [0.15, 0.2) is 12.1 Å². The molecule has 100 valence electrons. The van der Waals surface area contributed by atoms with Gasteiger partial charge in [0.15, 0.2) is 0 Å². The van der Waals surface area contributed by atoms with E-state index in [9.17, 15) is 18.9 Å². The van der Waals surface area contributed by atoms with Crippen molar-refractivity contribution in [1.29, 1.82) is 0 Å². The van der Waals surface area contributed by atoms with Gasteiger partial charge in [-0.3, -0.25) is 10.1 Å². The van der Waals surface area contributed by atoms with Gasteiger partial charge in [-0.2, -0.15) is 4.39 Å². The number of nitro benzene ring substituents is 1. The second-order valence-corrected chi connectivity index (χ2v) is 5.22. The molecule has 0 heterocycles. The second kappa shape index (κ2) is 5.61. The van der Waals surface area contributed by atoms with Gasteiger partial charge in [0.25, 0.3) is 0 Å². The van der Waals surface area contributed by atoms with E-state index >= 15 is 0 Å². The molecule has 0 saturated carbocycles. The minimum absolute atomic E-state index is 0.00926. The summed E-state index contributed by atoms with van der Waals surface area (Å²) in [5.41, 5.74) is -0.683. The number of nitrogens with zero attached hydrogens (tertiary/aromatic N) is 1. The quantitative estimate of drug-likeness (QED) is 0.469. The Morgan fingerprint density at radius 3 is 2.22 bits per heavy atom. The first-order valence-corrected chi connectivity index (χ1v) is 5.96. The van der Waals surface area contributed by atoms with Crippen molar-refractivity contribution in [3.63, 3.8) is 0 Å². The normalized spacial score (nSPS) is 14.6. The molecule has 0 amide bonds. The van der Waals surface area contributed by atoms with Gasteiger partial charge in [-0.25, -0.2) is 4.39 Å². The second-order valence-electron chi connectivity index (χ2n) is 4.53. The van der Waals surface area contributed by atoms with Crippen molar-refractivity contribution in [2.24, 2.45) is 5.92 Å². The Hall–Kier alpha value is -1.23. The van der Waals surface area contributed by atoms with Crippen molar-refractivity contribution in [3.8, 4) is 0 Å². The molecule has 0 radical (unpaired) electrons. The molecule has 0 N–H and O–H groups in total. The zero-order valence-corrected chi connectivity index (χ0v) is 11.0. The maximum absolute atomic E-state index is 13.5. The molecule has 2 atom stereocenters. The Morgan fingerprint density at radius 2 is 1.83 bits per heavy atom. The minimum Gasteiger partial charge on any atom is -0.258 e. The van der Waals surface area contributed by atoms with Crippen LogP contribution in [0, 0.1) is 27.7 Å². The van der Waals surface area contributed by atoms with Gasteiger partial charge in [0.2, 0.25) is 5.82 Å². The predicted octanol–water partition coefficient (Wildman–Crippen LogP) is 4.24. The van der Waals surface area contributed by atoms with Crippen LogP contribution in [0.1, 0.15) is 32.3 Å². The molecule has 0 saturated heterocycles. The highest BCUT2D eigenvalue weighted by atomic mass is 35.5. The van der Waals surface area contributed by atoms with Crippen LogP contribution >= 0.6 is 11.6 Å². The molecule has 6 heteroatoms. The zero-order chi connectivity index (χ0) is 14.0. The van der Waals surface area contributed by atoms with Gasteiger partial charge < -0.3 is 0 Å². The van der Waals surface area contributed by atoms with Crippen LogP contribution in [0.2, 0.25) is 0 Å². The van der Waals surface area contributed by atoms with Crippen LogP contribution < -0.4 is 0 Å². The zero-order valence-electron chi connectivity index (χ0n) is 10.3. The Morgan fingerprint density at radius 1 is 1.28 bits per heavy atom. The molecule has 0 spiro atoms. The first-order chi connectivity index (χ1) is 8.25. The molecule has 3 nitrogen and oxygen atoms in total. The number of benzene rings is 1. The summed E-state index contributed by atoms with van der Waals surface area (Å²) in [5.74, 6) is -2.57. The van der Waals surface area contributed by atoms with E-state index in [1.165, 1.54) is 0 Å². The number of rotatable bonds is 4. The summed E-state index contributed by atoms with van der Waals surface area (Å²) in [6, 6.07) is 1.50. The fraction of sp³-hybridized carbons (Fsp3) is 0.500. The molecule has 0 aliphatic carbocycles. The van der Waals surface area contributed by atoms with Crippen molar-refractivity contribution in [1.82, 2.24) is 0 Å². The highest BCUT2D eigenvalue weighted by molar-refractivity contribution is 6.21. The van der Waals surface area contributed by atoms with Gasteiger partial charge in [-0.15, -0.1) is 11.6 Å². The van der Waals surface area contributed by atoms with Crippen LogP contribution in [-0.4, -0.2) is 10.3 Å². The Bertz CT molecular complexity index is 456. The van der Waals surface area contributed by atoms with E-state index in [0.29, 0.717) is 6.07 Å². The summed E-state index contributed by atoms with van der Waals surface area (Å²) in [5, 5.41) is 10.4. The van der Waals surface area contributed by atoms with E-state index < -0.39 is 33.5 Å². The number of nitro groups is 1. The van der Waals surface area contributed by atoms with Crippen LogP contribution in [0.25, 0.3) is 0 Å². The largest absolute Gasteiger partial charge is 0.308 e. The van der Waals surface area contributed by atoms with Gasteiger partial charge in [0, 0.05) is 22.9 Å². The summed E-state index contributed by atoms with van der Waals surface area (Å²) in [4.78, 5) is 10.1. The van der Waals surface area contributed by atoms with E-state index in [4.69, 9.17) is 11.6 Å². The van der Waals surface area contributed by atoms with E-state index in [1.807, 2.05) is 0 Å². The molecular weight excluding hydrogens is 264 g/mol.